The lowest BCUT2D eigenvalue weighted by molar-refractivity contribution is 0.0996. The van der Waals surface area contributed by atoms with E-state index in [0.29, 0.717) is 33.7 Å². The zero-order valence-corrected chi connectivity index (χ0v) is 16.9. The molecule has 0 spiro atoms. The van der Waals surface area contributed by atoms with E-state index in [1.165, 1.54) is 16.8 Å². The van der Waals surface area contributed by atoms with Gasteiger partial charge in [0.25, 0.3) is 5.91 Å². The van der Waals surface area contributed by atoms with Crippen LogP contribution in [-0.2, 0) is 6.54 Å². The predicted molar refractivity (Wildman–Crippen MR) is 113 cm³/mol. The zero-order valence-electron chi connectivity index (χ0n) is 15.4. The van der Waals surface area contributed by atoms with Crippen molar-refractivity contribution < 1.29 is 9.18 Å². The molecule has 4 aromatic rings. The largest absolute Gasteiger partial charge is 0.364 e. The number of primary amides is 1. The first-order valence-electron chi connectivity index (χ1n) is 8.78. The third-order valence-electron chi connectivity index (χ3n) is 4.28. The van der Waals surface area contributed by atoms with Gasteiger partial charge in [-0.2, -0.15) is 10.2 Å². The van der Waals surface area contributed by atoms with Gasteiger partial charge in [0.15, 0.2) is 5.69 Å². The Hall–Kier alpha value is -3.36. The molecule has 0 bridgehead atoms. The van der Waals surface area contributed by atoms with Gasteiger partial charge in [-0.05, 0) is 29.8 Å². The summed E-state index contributed by atoms with van der Waals surface area (Å²) in [6.45, 7) is 0.457. The Kier molecular flexibility index (Phi) is 5.43. The SMILES string of the molecule is NC(=O)c1nn(-c2c(Cl)cccc2Cl)cc1Nc1cnn(Cc2ccc(F)cc2)c1. The molecule has 4 rings (SSSR count). The second-order valence-electron chi connectivity index (χ2n) is 6.45. The standard InChI is InChI=1S/C20H15Cl2FN6O/c21-15-2-1-3-16(22)19(15)29-11-17(18(27-29)20(24)30)26-14-8-25-28(10-14)9-12-4-6-13(23)7-5-12/h1-8,10-11,26H,9H2,(H2,24,30). The van der Waals surface area contributed by atoms with Crippen LogP contribution >= 0.6 is 23.2 Å². The highest BCUT2D eigenvalue weighted by molar-refractivity contribution is 6.37. The molecule has 7 nitrogen and oxygen atoms in total. The molecule has 30 heavy (non-hydrogen) atoms. The summed E-state index contributed by atoms with van der Waals surface area (Å²) in [5, 5.41) is 12.3. The van der Waals surface area contributed by atoms with E-state index >= 15 is 0 Å². The first-order valence-corrected chi connectivity index (χ1v) is 9.54. The number of rotatable bonds is 6. The maximum absolute atomic E-state index is 13.1. The molecule has 0 aliphatic heterocycles. The Labute approximate surface area is 180 Å². The Morgan fingerprint density at radius 1 is 1.10 bits per heavy atom. The van der Waals surface area contributed by atoms with Crippen molar-refractivity contribution in [3.05, 3.63) is 88.2 Å². The van der Waals surface area contributed by atoms with E-state index in [1.807, 2.05) is 0 Å². The molecule has 0 fully saturated rings. The number of hydrogen-bond donors (Lipinski definition) is 2. The predicted octanol–water partition coefficient (Wildman–Crippen LogP) is 4.41. The second-order valence-corrected chi connectivity index (χ2v) is 7.26. The topological polar surface area (TPSA) is 90.8 Å². The van der Waals surface area contributed by atoms with Gasteiger partial charge >= 0.3 is 0 Å². The first kappa shape index (κ1) is 19.9. The molecular formula is C20H15Cl2FN6O. The lowest BCUT2D eigenvalue weighted by Crippen LogP contribution is -2.14. The van der Waals surface area contributed by atoms with Crippen molar-refractivity contribution in [2.75, 3.05) is 5.32 Å². The summed E-state index contributed by atoms with van der Waals surface area (Å²) >= 11 is 12.5. The van der Waals surface area contributed by atoms with Crippen LogP contribution in [0.4, 0.5) is 15.8 Å². The van der Waals surface area contributed by atoms with Gasteiger partial charge in [-0.3, -0.25) is 9.48 Å². The fourth-order valence-electron chi connectivity index (χ4n) is 2.92. The first-order chi connectivity index (χ1) is 14.4. The number of hydrogen-bond acceptors (Lipinski definition) is 4. The van der Waals surface area contributed by atoms with Crippen LogP contribution in [-0.4, -0.2) is 25.5 Å². The van der Waals surface area contributed by atoms with Crippen molar-refractivity contribution in [3.63, 3.8) is 0 Å². The Balaban J connectivity index is 1.60. The number of carbonyl (C=O) groups excluding carboxylic acids is 1. The normalized spacial score (nSPS) is 10.9. The molecule has 0 saturated heterocycles. The van der Waals surface area contributed by atoms with Gasteiger partial charge in [0.1, 0.15) is 11.5 Å². The monoisotopic (exact) mass is 444 g/mol. The average molecular weight is 445 g/mol. The van der Waals surface area contributed by atoms with Gasteiger partial charge in [0.05, 0.1) is 40.4 Å². The smallest absolute Gasteiger partial charge is 0.271 e. The molecule has 10 heteroatoms. The van der Waals surface area contributed by atoms with Crippen molar-refractivity contribution in [2.45, 2.75) is 6.54 Å². The Bertz CT molecular complexity index is 1200. The fraction of sp³-hybridized carbons (Fsp3) is 0.0500. The van der Waals surface area contributed by atoms with E-state index in [1.54, 1.807) is 53.6 Å². The van der Waals surface area contributed by atoms with Crippen LogP contribution in [0.15, 0.2) is 61.1 Å². The molecule has 0 atom stereocenters. The fourth-order valence-corrected chi connectivity index (χ4v) is 3.49. The average Bonchev–Trinajstić information content (AvgIpc) is 3.31. The van der Waals surface area contributed by atoms with Crippen molar-refractivity contribution in [1.82, 2.24) is 19.6 Å². The minimum atomic E-state index is -0.710. The van der Waals surface area contributed by atoms with Crippen LogP contribution in [0, 0.1) is 5.82 Å². The number of nitrogens with two attached hydrogens (primary N) is 1. The van der Waals surface area contributed by atoms with Crippen molar-refractivity contribution >= 4 is 40.5 Å². The van der Waals surface area contributed by atoms with Gasteiger partial charge in [-0.25, -0.2) is 9.07 Å². The third kappa shape index (κ3) is 4.14. The van der Waals surface area contributed by atoms with Crippen molar-refractivity contribution in [1.29, 1.82) is 0 Å². The molecule has 1 amide bonds. The molecule has 0 aliphatic carbocycles. The van der Waals surface area contributed by atoms with Crippen LogP contribution in [0.1, 0.15) is 16.1 Å². The summed E-state index contributed by atoms with van der Waals surface area (Å²) in [6, 6.07) is 11.2. The van der Waals surface area contributed by atoms with Crippen molar-refractivity contribution in [2.24, 2.45) is 5.73 Å². The molecule has 3 N–H and O–H groups in total. The summed E-state index contributed by atoms with van der Waals surface area (Å²) in [4.78, 5) is 11.9. The second kappa shape index (κ2) is 8.17. The summed E-state index contributed by atoms with van der Waals surface area (Å²) in [5.74, 6) is -1.01. The Morgan fingerprint density at radius 2 is 1.80 bits per heavy atom. The van der Waals surface area contributed by atoms with Crippen LogP contribution in [0.5, 0.6) is 0 Å². The molecule has 2 heterocycles. The van der Waals surface area contributed by atoms with Gasteiger partial charge in [0, 0.05) is 6.20 Å². The number of aromatic nitrogens is 4. The third-order valence-corrected chi connectivity index (χ3v) is 4.89. The number of para-hydroxylation sites is 1. The highest BCUT2D eigenvalue weighted by atomic mass is 35.5. The lowest BCUT2D eigenvalue weighted by atomic mass is 10.2. The van der Waals surface area contributed by atoms with Gasteiger partial charge < -0.3 is 11.1 Å². The molecule has 2 aromatic heterocycles. The van der Waals surface area contributed by atoms with Crippen LogP contribution in [0.3, 0.4) is 0 Å². The molecule has 0 unspecified atom stereocenters. The number of carbonyl (C=O) groups is 1. The van der Waals surface area contributed by atoms with Crippen LogP contribution < -0.4 is 11.1 Å². The van der Waals surface area contributed by atoms with Crippen LogP contribution in [0.25, 0.3) is 5.69 Å². The number of halogens is 3. The maximum Gasteiger partial charge on any atom is 0.271 e. The molecular weight excluding hydrogens is 430 g/mol. The molecule has 152 valence electrons. The quantitative estimate of drug-likeness (QED) is 0.460. The summed E-state index contributed by atoms with van der Waals surface area (Å²) in [5.41, 5.74) is 7.83. The molecule has 0 radical (unpaired) electrons. The van der Waals surface area contributed by atoms with E-state index in [0.717, 1.165) is 5.56 Å². The number of nitrogens with one attached hydrogen (secondary N) is 1. The van der Waals surface area contributed by atoms with Gasteiger partial charge in [-0.15, -0.1) is 0 Å². The van der Waals surface area contributed by atoms with E-state index in [4.69, 9.17) is 28.9 Å². The van der Waals surface area contributed by atoms with Crippen molar-refractivity contribution in [3.8, 4) is 5.69 Å². The van der Waals surface area contributed by atoms with E-state index in [9.17, 15) is 9.18 Å². The minimum Gasteiger partial charge on any atom is -0.364 e. The highest BCUT2D eigenvalue weighted by Gasteiger charge is 2.18. The zero-order chi connectivity index (χ0) is 21.3. The lowest BCUT2D eigenvalue weighted by Gasteiger charge is -2.06. The van der Waals surface area contributed by atoms with Crippen LogP contribution in [0.2, 0.25) is 10.0 Å². The highest BCUT2D eigenvalue weighted by Crippen LogP contribution is 2.30. The number of benzene rings is 2. The maximum atomic E-state index is 13.1. The minimum absolute atomic E-state index is 0.0253. The van der Waals surface area contributed by atoms with E-state index in [2.05, 4.69) is 15.5 Å². The number of amides is 1. The molecule has 0 saturated carbocycles. The number of nitrogens with zero attached hydrogens (tertiary/aromatic N) is 4. The van der Waals surface area contributed by atoms with Gasteiger partial charge in [0.2, 0.25) is 0 Å². The summed E-state index contributed by atoms with van der Waals surface area (Å²) < 4.78 is 16.1. The Morgan fingerprint density at radius 3 is 2.47 bits per heavy atom. The summed E-state index contributed by atoms with van der Waals surface area (Å²) in [7, 11) is 0. The van der Waals surface area contributed by atoms with E-state index < -0.39 is 5.91 Å². The molecule has 0 aliphatic rings. The summed E-state index contributed by atoms with van der Waals surface area (Å²) in [6.07, 6.45) is 4.91. The number of anilines is 2. The molecule has 2 aromatic carbocycles. The van der Waals surface area contributed by atoms with E-state index in [-0.39, 0.29) is 11.5 Å². The van der Waals surface area contributed by atoms with Gasteiger partial charge in [-0.1, -0.05) is 41.4 Å².